The maximum Gasteiger partial charge on any atom is 0.573 e. The molecule has 1 saturated heterocycles. The third-order valence-electron chi connectivity index (χ3n) is 10.8. The summed E-state index contributed by atoms with van der Waals surface area (Å²) in [5, 5.41) is 2.65. The number of rotatable bonds is 8. The minimum atomic E-state index is -5.09. The van der Waals surface area contributed by atoms with Gasteiger partial charge in [-0.15, -0.1) is 13.2 Å². The molecule has 3 aromatic carbocycles. The van der Waals surface area contributed by atoms with E-state index in [9.17, 15) is 22.8 Å². The van der Waals surface area contributed by atoms with E-state index < -0.39 is 24.0 Å². The van der Waals surface area contributed by atoms with Crippen molar-refractivity contribution in [1.82, 2.24) is 0 Å². The molecule has 1 amide bonds. The summed E-state index contributed by atoms with van der Waals surface area (Å²) in [6, 6.07) is 20.5. The number of nitrogens with one attached hydrogen (secondary N) is 1. The molecule has 2 aliphatic heterocycles. The van der Waals surface area contributed by atoms with E-state index in [1.165, 1.54) is 18.6 Å². The van der Waals surface area contributed by atoms with Crippen LogP contribution in [0.1, 0.15) is 54.9 Å². The van der Waals surface area contributed by atoms with Gasteiger partial charge >= 0.3 is 12.3 Å². The number of halogens is 3. The number of likely N-dealkylation sites (N-methyl/N-ethyl adjacent to an activating group) is 1. The molecule has 1 saturated carbocycles. The number of piperidine rings is 1. The van der Waals surface area contributed by atoms with E-state index in [0.717, 1.165) is 66.9 Å². The first-order valence-corrected chi connectivity index (χ1v) is 16.2. The van der Waals surface area contributed by atoms with Crippen LogP contribution in [0.4, 0.5) is 18.9 Å². The zero-order valence-corrected chi connectivity index (χ0v) is 26.4. The summed E-state index contributed by atoms with van der Waals surface area (Å²) < 4.78 is 58.0. The van der Waals surface area contributed by atoms with Crippen molar-refractivity contribution in [3.63, 3.8) is 0 Å². The van der Waals surface area contributed by atoms with Crippen LogP contribution in [0.15, 0.2) is 72.5 Å². The molecule has 2 heterocycles. The summed E-state index contributed by atoms with van der Waals surface area (Å²) in [6.45, 7) is 3.23. The summed E-state index contributed by atoms with van der Waals surface area (Å²) in [5.74, 6) is -1.45. The van der Waals surface area contributed by atoms with Crippen molar-refractivity contribution < 1.29 is 41.5 Å². The molecule has 2 fully saturated rings. The number of alkyl halides is 3. The highest BCUT2D eigenvalue weighted by atomic mass is 19.4. The predicted molar refractivity (Wildman–Crippen MR) is 170 cm³/mol. The number of quaternary nitrogens is 1. The lowest BCUT2D eigenvalue weighted by atomic mass is 9.51. The fourth-order valence-electron chi connectivity index (χ4n) is 8.84. The number of carbonyl (C=O) groups excluding carboxylic acids is 2. The first-order chi connectivity index (χ1) is 22.5. The number of nitrogens with zero attached hydrogens (tertiary/aromatic N) is 1. The molecule has 7 rings (SSSR count). The Morgan fingerprint density at radius 2 is 1.81 bits per heavy atom. The lowest BCUT2D eigenvalue weighted by Crippen LogP contribution is -2.70. The third-order valence-corrected chi connectivity index (χ3v) is 10.8. The van der Waals surface area contributed by atoms with Crippen molar-refractivity contribution in [1.29, 1.82) is 0 Å². The molecule has 10 heteroatoms. The number of anilines is 1. The molecule has 1 unspecified atom stereocenters. The summed E-state index contributed by atoms with van der Waals surface area (Å²) in [7, 11) is 2.34. The second-order valence-corrected chi connectivity index (χ2v) is 13.5. The molecule has 246 valence electrons. The highest BCUT2D eigenvalue weighted by Crippen LogP contribution is 2.65. The smallest absolute Gasteiger partial charge is 0.487 e. The first-order valence-electron chi connectivity index (χ1n) is 16.2. The molecular formula is C37H38F3N2O5+. The van der Waals surface area contributed by atoms with Gasteiger partial charge in [0, 0.05) is 49.3 Å². The van der Waals surface area contributed by atoms with E-state index in [1.54, 1.807) is 30.3 Å². The molecule has 0 aromatic heterocycles. The maximum atomic E-state index is 13.5. The van der Waals surface area contributed by atoms with Gasteiger partial charge in [0.1, 0.15) is 17.6 Å². The number of carbonyl (C=O) groups is 2. The van der Waals surface area contributed by atoms with E-state index >= 15 is 0 Å². The van der Waals surface area contributed by atoms with Crippen LogP contribution < -0.4 is 14.8 Å². The molecule has 7 nitrogen and oxygen atoms in total. The van der Waals surface area contributed by atoms with Crippen LogP contribution in [-0.4, -0.2) is 55.0 Å². The highest BCUT2D eigenvalue weighted by molar-refractivity contribution is 6.06. The minimum absolute atomic E-state index is 0.144. The van der Waals surface area contributed by atoms with Crippen molar-refractivity contribution >= 4 is 23.6 Å². The third kappa shape index (κ3) is 5.66. The van der Waals surface area contributed by atoms with Crippen molar-refractivity contribution in [3.8, 4) is 11.5 Å². The van der Waals surface area contributed by atoms with Crippen LogP contribution in [0.2, 0.25) is 0 Å². The summed E-state index contributed by atoms with van der Waals surface area (Å²) >= 11 is 0. The van der Waals surface area contributed by atoms with Crippen LogP contribution in [0.3, 0.4) is 0 Å². The number of esters is 1. The SMILES string of the molecule is CC(=O)Oc1cc(NC(=O)C(=Cc2ccccc2)OC(F)(F)F)c2c3c1C[C@@H]1[C@@H]4CCC[C@H](O2)[C@]34CC[N+]1(C)CCc1ccccc1. The number of benzene rings is 3. The van der Waals surface area contributed by atoms with E-state index in [1.807, 2.05) is 6.07 Å². The van der Waals surface area contributed by atoms with Gasteiger partial charge in [0.2, 0.25) is 0 Å². The standard InChI is InChI=1S/C37H37F3N2O5/c1-23(43)45-30-22-28(41-35(44)31(47-37(38,39)40)20-25-12-7-4-8-13-25)34-33-26(30)21-29-27-14-9-15-32(46-34)36(27,33)17-19-42(29,2)18-16-24-10-5-3-6-11-24/h3-8,10-13,20,22,27,29,32H,9,14-19,21H2,1-2H3/p+1/t27-,29+,32-,36+,42?/m0/s1. The Morgan fingerprint density at radius 1 is 1.09 bits per heavy atom. The molecule has 2 bridgehead atoms. The van der Waals surface area contributed by atoms with E-state index in [4.69, 9.17) is 9.47 Å². The fraction of sp³-hybridized carbons (Fsp3) is 0.405. The zero-order valence-electron chi connectivity index (χ0n) is 26.4. The van der Waals surface area contributed by atoms with Crippen molar-refractivity contribution in [2.45, 2.75) is 69.4 Å². The van der Waals surface area contributed by atoms with Gasteiger partial charge in [-0.25, -0.2) is 0 Å². The average Bonchev–Trinajstić information content (AvgIpc) is 3.37. The van der Waals surface area contributed by atoms with Crippen LogP contribution in [0.25, 0.3) is 6.08 Å². The van der Waals surface area contributed by atoms with Crippen LogP contribution >= 0.6 is 0 Å². The van der Waals surface area contributed by atoms with Gasteiger partial charge in [0.25, 0.3) is 5.91 Å². The zero-order chi connectivity index (χ0) is 33.0. The Morgan fingerprint density at radius 3 is 2.51 bits per heavy atom. The second kappa shape index (κ2) is 11.7. The summed E-state index contributed by atoms with van der Waals surface area (Å²) in [6.07, 6.45) is 1.15. The highest BCUT2D eigenvalue weighted by Gasteiger charge is 2.67. The van der Waals surface area contributed by atoms with Crippen molar-refractivity contribution in [3.05, 3.63) is 94.7 Å². The summed E-state index contributed by atoms with van der Waals surface area (Å²) in [4.78, 5) is 25.9. The quantitative estimate of drug-likeness (QED) is 0.0943. The van der Waals surface area contributed by atoms with Crippen molar-refractivity contribution in [2.24, 2.45) is 5.92 Å². The maximum absolute atomic E-state index is 13.5. The Kier molecular flexibility index (Phi) is 7.82. The molecule has 1 spiro atoms. The molecular weight excluding hydrogens is 609 g/mol. The molecule has 3 aromatic rings. The Bertz CT molecular complexity index is 1730. The van der Waals surface area contributed by atoms with Gasteiger partial charge in [0.05, 0.1) is 37.3 Å². The monoisotopic (exact) mass is 647 g/mol. The molecule has 0 radical (unpaired) electrons. The minimum Gasteiger partial charge on any atom is -0.487 e. The van der Waals surface area contributed by atoms with Crippen molar-refractivity contribution in [2.75, 3.05) is 25.5 Å². The normalized spacial score (nSPS) is 27.3. The number of likely N-dealkylation sites (tertiary alicyclic amines) is 1. The van der Waals surface area contributed by atoms with E-state index in [-0.39, 0.29) is 23.2 Å². The van der Waals surface area contributed by atoms with Gasteiger partial charge in [-0.2, -0.15) is 0 Å². The molecule has 47 heavy (non-hydrogen) atoms. The van der Waals surface area contributed by atoms with Crippen LogP contribution in [-0.2, 0) is 32.6 Å². The van der Waals surface area contributed by atoms with Crippen LogP contribution in [0, 0.1) is 5.92 Å². The van der Waals surface area contributed by atoms with Gasteiger partial charge in [-0.3, -0.25) is 9.59 Å². The number of ether oxygens (including phenoxy) is 3. The Balaban J connectivity index is 1.29. The van der Waals surface area contributed by atoms with Crippen LogP contribution in [0.5, 0.6) is 11.5 Å². The number of hydrogen-bond acceptors (Lipinski definition) is 5. The predicted octanol–water partition coefficient (Wildman–Crippen LogP) is 6.94. The molecule has 2 aliphatic carbocycles. The fourth-order valence-corrected chi connectivity index (χ4v) is 8.84. The topological polar surface area (TPSA) is 73.9 Å². The Labute approximate surface area is 271 Å². The average molecular weight is 648 g/mol. The van der Waals surface area contributed by atoms with E-state index in [2.05, 4.69) is 41.4 Å². The molecule has 4 aliphatic rings. The van der Waals surface area contributed by atoms with Gasteiger partial charge in [-0.05, 0) is 36.5 Å². The molecule has 5 atom stereocenters. The lowest BCUT2D eigenvalue weighted by molar-refractivity contribution is -0.945. The van der Waals surface area contributed by atoms with E-state index in [0.29, 0.717) is 29.4 Å². The van der Waals surface area contributed by atoms with Gasteiger partial charge in [0.15, 0.2) is 5.76 Å². The second-order valence-electron chi connectivity index (χ2n) is 13.5. The first kappa shape index (κ1) is 31.3. The lowest BCUT2D eigenvalue weighted by Gasteiger charge is -2.60. The largest absolute Gasteiger partial charge is 0.573 e. The number of hydrogen-bond donors (Lipinski definition) is 1. The van der Waals surface area contributed by atoms with Gasteiger partial charge < -0.3 is 24.0 Å². The number of amides is 1. The molecule has 1 N–H and O–H groups in total. The van der Waals surface area contributed by atoms with Gasteiger partial charge in [-0.1, -0.05) is 60.7 Å². The summed E-state index contributed by atoms with van der Waals surface area (Å²) in [5.41, 5.74) is 3.33. The Hall–Kier alpha value is -4.31.